The Hall–Kier alpha value is 2.95. The molecule has 0 rings (SSSR count). The molecule has 0 aromatic carbocycles. The van der Waals surface area contributed by atoms with Crippen LogP contribution in [0.3, 0.4) is 0 Å². The van der Waals surface area contributed by atoms with Crippen molar-refractivity contribution in [2.75, 3.05) is 0 Å². The zero-order chi connectivity index (χ0) is 3.58. The maximum atomic E-state index is 5.03. The summed E-state index contributed by atoms with van der Waals surface area (Å²) in [6.45, 7) is 15.1. The summed E-state index contributed by atoms with van der Waals surface area (Å²) in [6, 6.07) is 0. The van der Waals surface area contributed by atoms with E-state index in [1.807, 2.05) is 0 Å². The average Bonchev–Trinajstić information content (AvgIpc) is 0.811. The van der Waals surface area contributed by atoms with Gasteiger partial charge in [0, 0.05) is 26.2 Å². The van der Waals surface area contributed by atoms with Crippen LogP contribution in [0, 0.1) is 25.7 Å². The van der Waals surface area contributed by atoms with E-state index in [9.17, 15) is 0 Å². The quantitative estimate of drug-likeness (QED) is 0.635. The minimum atomic E-state index is -2.31. The summed E-state index contributed by atoms with van der Waals surface area (Å²) in [4.78, 5) is 0. The number of halogens is 3. The van der Waals surface area contributed by atoms with Gasteiger partial charge in [0.15, 0.2) is 0 Å². The fourth-order valence-electron chi connectivity index (χ4n) is 0. The first-order valence-corrected chi connectivity index (χ1v) is 14.3. The normalized spacial score (nSPS) is 5.40. The molecule has 0 aliphatic carbocycles. The molecule has 0 N–H and O–H groups in total. The van der Waals surface area contributed by atoms with Gasteiger partial charge in [0.05, 0.1) is 0 Å². The van der Waals surface area contributed by atoms with Crippen molar-refractivity contribution < 1.29 is 51.9 Å². The minimum Gasteiger partial charge on any atom is 0 e. The van der Waals surface area contributed by atoms with Crippen LogP contribution in [0.5, 0.6) is 0 Å². The first-order valence-electron chi connectivity index (χ1n) is 0.655. The van der Waals surface area contributed by atoms with Crippen LogP contribution in [-0.4, -0.2) is 0 Å². The third-order valence-electron chi connectivity index (χ3n) is 0. The van der Waals surface area contributed by atoms with Gasteiger partial charge in [-0.1, -0.05) is 0 Å². The van der Waals surface area contributed by atoms with Crippen molar-refractivity contribution in [2.45, 2.75) is 0 Å². The number of rotatable bonds is 0. The Morgan fingerprint density at radius 2 is 1.00 bits per heavy atom. The fourth-order valence-corrected chi connectivity index (χ4v) is 0. The maximum absolute atomic E-state index is 5.03. The molecule has 0 spiro atoms. The van der Waals surface area contributed by atoms with Crippen LogP contribution < -0.4 is 0 Å². The van der Waals surface area contributed by atoms with Gasteiger partial charge in [0.25, 0.3) is 0 Å². The smallest absolute Gasteiger partial charge is 0 e. The molecular formula is Cl3LaZr. The third-order valence-corrected chi connectivity index (χ3v) is 0. The third kappa shape index (κ3) is 19.6. The molecule has 0 aromatic heterocycles. The molecule has 0 aliphatic heterocycles. The Kier molecular flexibility index (Phi) is 15.1. The molecule has 0 saturated heterocycles. The van der Waals surface area contributed by atoms with Crippen LogP contribution in [0.25, 0.3) is 0 Å². The zero-order valence-corrected chi connectivity index (χ0v) is 10.6. The van der Waals surface area contributed by atoms with Gasteiger partial charge >= 0.3 is 46.0 Å². The summed E-state index contributed by atoms with van der Waals surface area (Å²) in [5, 5.41) is 0. The van der Waals surface area contributed by atoms with E-state index in [1.165, 1.54) is 0 Å². The summed E-state index contributed by atoms with van der Waals surface area (Å²) in [5.74, 6) is 0. The van der Waals surface area contributed by atoms with Crippen molar-refractivity contribution in [2.24, 2.45) is 0 Å². The Morgan fingerprint density at radius 3 is 1.00 bits per heavy atom. The van der Waals surface area contributed by atoms with E-state index in [4.69, 9.17) is 20.4 Å². The summed E-state index contributed by atoms with van der Waals surface area (Å²) >= 11 is -2.31. The largest absolute Gasteiger partial charge is 0 e. The summed E-state index contributed by atoms with van der Waals surface area (Å²) < 4.78 is 0. The van der Waals surface area contributed by atoms with E-state index >= 15 is 0 Å². The van der Waals surface area contributed by atoms with Crippen LogP contribution in [0.15, 0.2) is 0 Å². The minimum absolute atomic E-state index is 0. The van der Waals surface area contributed by atoms with E-state index in [0.29, 0.717) is 0 Å². The van der Waals surface area contributed by atoms with E-state index < -0.39 is 25.7 Å². The molecule has 0 bridgehead atoms. The Labute approximate surface area is 70.4 Å². The standard InChI is InChI=1S/3ClH.La.Zr/h3*1H;;/q;;;+3;/p-3. The molecule has 0 aliphatic rings. The van der Waals surface area contributed by atoms with Gasteiger partial charge in [-0.3, -0.25) is 0 Å². The fraction of sp³-hybridized carbons (Fsp3) is 0. The second-order valence-corrected chi connectivity index (χ2v) is 16.2. The molecule has 0 heterocycles. The summed E-state index contributed by atoms with van der Waals surface area (Å²) in [5.41, 5.74) is 0. The first-order chi connectivity index (χ1) is 1.73. The summed E-state index contributed by atoms with van der Waals surface area (Å²) in [6.07, 6.45) is 0. The molecule has 0 aromatic rings. The van der Waals surface area contributed by atoms with Crippen LogP contribution >= 0.6 is 20.4 Å². The molecule has 0 radical (unpaired) electrons. The van der Waals surface area contributed by atoms with Crippen molar-refractivity contribution in [1.29, 1.82) is 0 Å². The molecule has 5 heavy (non-hydrogen) atoms. The number of hydrogen-bond acceptors (Lipinski definition) is 0. The van der Waals surface area contributed by atoms with Gasteiger partial charge in [-0.25, -0.2) is 0 Å². The van der Waals surface area contributed by atoms with Gasteiger partial charge in [-0.05, 0) is 0 Å². The topological polar surface area (TPSA) is 0 Å². The second-order valence-electron chi connectivity index (χ2n) is 0.247. The van der Waals surface area contributed by atoms with E-state index in [-0.39, 0.29) is 26.2 Å². The maximum Gasteiger partial charge on any atom is 0 e. The van der Waals surface area contributed by atoms with Crippen LogP contribution in [0.1, 0.15) is 0 Å². The van der Waals surface area contributed by atoms with Crippen LogP contribution in [0.2, 0.25) is 0 Å². The zero-order valence-electron chi connectivity index (χ0n) is 2.21. The van der Waals surface area contributed by atoms with Crippen molar-refractivity contribution in [3.8, 4) is 0 Å². The van der Waals surface area contributed by atoms with Gasteiger partial charge in [-0.2, -0.15) is 0 Å². The second kappa shape index (κ2) is 6.95. The predicted octanol–water partition coefficient (Wildman–Crippen LogP) is 2.07. The number of hydrogen-bond donors (Lipinski definition) is 0. The summed E-state index contributed by atoms with van der Waals surface area (Å²) in [7, 11) is 0. The molecule has 0 amide bonds. The van der Waals surface area contributed by atoms with Crippen molar-refractivity contribution in [3.05, 3.63) is 0 Å². The SMILES string of the molecule is [Cl][La]([Cl])[Cl].[Zr]. The van der Waals surface area contributed by atoms with E-state index in [2.05, 4.69) is 0 Å². The monoisotopic (exact) mass is 334 g/mol. The average molecular weight is 336 g/mol. The predicted molar refractivity (Wildman–Crippen MR) is 17.6 cm³/mol. The Morgan fingerprint density at radius 1 is 1.00 bits per heavy atom. The van der Waals surface area contributed by atoms with Crippen LogP contribution in [-0.2, 0) is 26.2 Å². The van der Waals surface area contributed by atoms with Crippen molar-refractivity contribution in [3.63, 3.8) is 0 Å². The first kappa shape index (κ1) is 10.8. The van der Waals surface area contributed by atoms with Crippen molar-refractivity contribution >= 4 is 20.4 Å². The van der Waals surface area contributed by atoms with Gasteiger partial charge in [0.2, 0.25) is 0 Å². The van der Waals surface area contributed by atoms with Gasteiger partial charge in [0.1, 0.15) is 0 Å². The van der Waals surface area contributed by atoms with E-state index in [0.717, 1.165) is 0 Å². The molecule has 28 valence electrons. The molecule has 0 atom stereocenters. The molecule has 0 fully saturated rings. The molecular weight excluding hydrogens is 336 g/mol. The van der Waals surface area contributed by atoms with Crippen molar-refractivity contribution in [1.82, 2.24) is 0 Å². The molecule has 0 saturated carbocycles. The van der Waals surface area contributed by atoms with E-state index in [1.54, 1.807) is 0 Å². The Bertz CT molecular complexity index is 11.6. The Balaban J connectivity index is 0. The molecule has 0 nitrogen and oxygen atoms in total. The van der Waals surface area contributed by atoms with Crippen LogP contribution in [0.4, 0.5) is 0 Å². The van der Waals surface area contributed by atoms with Gasteiger partial charge in [-0.15, -0.1) is 0 Å². The van der Waals surface area contributed by atoms with Gasteiger partial charge < -0.3 is 0 Å². The molecule has 0 unspecified atom stereocenters. The molecule has 5 heteroatoms.